The minimum Gasteiger partial charge on any atom is -0.441 e. The van der Waals surface area contributed by atoms with Gasteiger partial charge in [-0.2, -0.15) is 0 Å². The van der Waals surface area contributed by atoms with E-state index in [1.54, 1.807) is 30.3 Å². The van der Waals surface area contributed by atoms with E-state index in [0.29, 0.717) is 21.8 Å². The summed E-state index contributed by atoms with van der Waals surface area (Å²) in [6, 6.07) is 9.48. The van der Waals surface area contributed by atoms with Crippen molar-refractivity contribution in [3.63, 3.8) is 0 Å². The monoisotopic (exact) mass is 429 g/mol. The van der Waals surface area contributed by atoms with Crippen molar-refractivity contribution in [3.8, 4) is 0 Å². The van der Waals surface area contributed by atoms with Gasteiger partial charge in [-0.1, -0.05) is 22.0 Å². The fraction of sp³-hybridized carbons (Fsp3) is 0.211. The molecule has 0 unspecified atom stereocenters. The Balaban J connectivity index is 1.65. The van der Waals surface area contributed by atoms with E-state index < -0.39 is 17.8 Å². The van der Waals surface area contributed by atoms with Gasteiger partial charge in [-0.3, -0.25) is 14.9 Å². The zero-order chi connectivity index (χ0) is 19.0. The molecule has 2 aromatic rings. The van der Waals surface area contributed by atoms with Crippen LogP contribution in [0.15, 0.2) is 50.9 Å². The summed E-state index contributed by atoms with van der Waals surface area (Å²) < 4.78 is 6.47. The summed E-state index contributed by atoms with van der Waals surface area (Å²) in [6.07, 6.45) is 3.60. The average Bonchev–Trinajstić information content (AvgIpc) is 3.30. The number of halogens is 1. The van der Waals surface area contributed by atoms with Gasteiger partial charge in [0.15, 0.2) is 5.88 Å². The maximum absolute atomic E-state index is 12.8. The summed E-state index contributed by atoms with van der Waals surface area (Å²) in [5.74, 6) is -0.335. The molecule has 3 heterocycles. The first-order valence-corrected chi connectivity index (χ1v) is 9.34. The molecule has 0 atom stereocenters. The van der Waals surface area contributed by atoms with Crippen molar-refractivity contribution < 1.29 is 18.8 Å². The van der Waals surface area contributed by atoms with Crippen molar-refractivity contribution in [3.05, 3.63) is 52.2 Å². The molecular weight excluding hydrogens is 414 g/mol. The number of benzene rings is 1. The number of amides is 4. The van der Waals surface area contributed by atoms with Crippen LogP contribution in [0, 0.1) is 0 Å². The lowest BCUT2D eigenvalue weighted by Gasteiger charge is -2.26. The van der Waals surface area contributed by atoms with Gasteiger partial charge in [-0.05, 0) is 43.2 Å². The first kappa shape index (κ1) is 17.5. The van der Waals surface area contributed by atoms with Crippen LogP contribution in [0.4, 0.5) is 16.4 Å². The Bertz CT molecular complexity index is 959. The molecule has 1 aromatic carbocycles. The Kier molecular flexibility index (Phi) is 4.57. The van der Waals surface area contributed by atoms with Crippen molar-refractivity contribution in [2.24, 2.45) is 0 Å². The van der Waals surface area contributed by atoms with Gasteiger partial charge in [0.1, 0.15) is 11.3 Å². The average molecular weight is 430 g/mol. The number of imide groups is 2. The van der Waals surface area contributed by atoms with E-state index in [0.717, 1.165) is 30.8 Å². The predicted octanol–water partition coefficient (Wildman–Crippen LogP) is 3.31. The number of nitrogens with zero attached hydrogens (tertiary/aromatic N) is 2. The molecule has 2 aliphatic rings. The molecule has 4 amide bonds. The predicted molar refractivity (Wildman–Crippen MR) is 103 cm³/mol. The fourth-order valence-electron chi connectivity index (χ4n) is 3.18. The van der Waals surface area contributed by atoms with Gasteiger partial charge in [0, 0.05) is 23.6 Å². The van der Waals surface area contributed by atoms with Crippen LogP contribution in [0.1, 0.15) is 18.6 Å². The van der Waals surface area contributed by atoms with Crippen LogP contribution in [0.2, 0.25) is 0 Å². The van der Waals surface area contributed by atoms with E-state index in [1.165, 1.54) is 6.08 Å². The fourth-order valence-corrected chi connectivity index (χ4v) is 3.56. The number of hydrogen-bond donors (Lipinski definition) is 1. The molecule has 138 valence electrons. The van der Waals surface area contributed by atoms with Crippen molar-refractivity contribution in [1.82, 2.24) is 5.32 Å². The molecule has 1 N–H and O–H groups in total. The smallest absolute Gasteiger partial charge is 0.335 e. The molecule has 27 heavy (non-hydrogen) atoms. The third kappa shape index (κ3) is 3.40. The van der Waals surface area contributed by atoms with Gasteiger partial charge in [-0.15, -0.1) is 0 Å². The minimum atomic E-state index is -0.780. The molecule has 2 saturated heterocycles. The highest BCUT2D eigenvalue weighted by atomic mass is 79.9. The van der Waals surface area contributed by atoms with Crippen LogP contribution in [0.3, 0.4) is 0 Å². The quantitative estimate of drug-likeness (QED) is 0.597. The maximum Gasteiger partial charge on any atom is 0.335 e. The first-order chi connectivity index (χ1) is 13.0. The molecule has 0 spiro atoms. The molecule has 4 rings (SSSR count). The minimum absolute atomic E-state index is 0.156. The highest BCUT2D eigenvalue weighted by Crippen LogP contribution is 2.27. The number of carbonyl (C=O) groups excluding carboxylic acids is 3. The molecule has 1 aromatic heterocycles. The number of nitrogens with one attached hydrogen (secondary N) is 1. The van der Waals surface area contributed by atoms with E-state index in [1.807, 2.05) is 6.07 Å². The number of hydrogen-bond acceptors (Lipinski definition) is 5. The Labute approximate surface area is 163 Å². The molecule has 2 aliphatic heterocycles. The zero-order valence-electron chi connectivity index (χ0n) is 14.3. The Hall–Kier alpha value is -2.87. The molecule has 0 saturated carbocycles. The number of rotatable bonds is 3. The molecule has 0 aliphatic carbocycles. The third-order valence-electron chi connectivity index (χ3n) is 4.49. The van der Waals surface area contributed by atoms with Gasteiger partial charge < -0.3 is 9.32 Å². The van der Waals surface area contributed by atoms with E-state index in [2.05, 4.69) is 26.1 Å². The van der Waals surface area contributed by atoms with Crippen LogP contribution in [0.5, 0.6) is 0 Å². The third-order valence-corrected chi connectivity index (χ3v) is 4.98. The maximum atomic E-state index is 12.8. The number of urea groups is 1. The molecule has 2 fully saturated rings. The van der Waals surface area contributed by atoms with Crippen LogP contribution < -0.4 is 15.1 Å². The molecule has 0 radical (unpaired) electrons. The van der Waals surface area contributed by atoms with Gasteiger partial charge >= 0.3 is 6.03 Å². The second kappa shape index (κ2) is 7.03. The van der Waals surface area contributed by atoms with Crippen LogP contribution in [-0.2, 0) is 9.59 Å². The highest BCUT2D eigenvalue weighted by molar-refractivity contribution is 9.10. The second-order valence-electron chi connectivity index (χ2n) is 6.31. The molecule has 8 heteroatoms. The Morgan fingerprint density at radius 1 is 1.07 bits per heavy atom. The van der Waals surface area contributed by atoms with Crippen molar-refractivity contribution in [2.75, 3.05) is 22.9 Å². The van der Waals surface area contributed by atoms with Crippen LogP contribution in [-0.4, -0.2) is 30.9 Å². The summed E-state index contributed by atoms with van der Waals surface area (Å²) >= 11 is 3.31. The molecular formula is C19H16BrN3O4. The van der Waals surface area contributed by atoms with Crippen LogP contribution >= 0.6 is 15.9 Å². The summed E-state index contributed by atoms with van der Waals surface area (Å²) in [4.78, 5) is 40.3. The number of carbonyl (C=O) groups is 3. The van der Waals surface area contributed by atoms with Gasteiger partial charge in [0.05, 0.1) is 5.69 Å². The molecule has 0 bridgehead atoms. The second-order valence-corrected chi connectivity index (χ2v) is 7.22. The zero-order valence-corrected chi connectivity index (χ0v) is 15.9. The van der Waals surface area contributed by atoms with E-state index in [4.69, 9.17) is 4.42 Å². The highest BCUT2D eigenvalue weighted by Gasteiger charge is 2.37. The molecule has 7 nitrogen and oxygen atoms in total. The Morgan fingerprint density at radius 3 is 2.59 bits per heavy atom. The summed E-state index contributed by atoms with van der Waals surface area (Å²) in [5.41, 5.74) is 0.208. The van der Waals surface area contributed by atoms with Crippen molar-refractivity contribution in [1.29, 1.82) is 0 Å². The first-order valence-electron chi connectivity index (χ1n) is 8.55. The lowest BCUT2D eigenvalue weighted by atomic mass is 10.1. The summed E-state index contributed by atoms with van der Waals surface area (Å²) in [7, 11) is 0. The number of anilines is 2. The lowest BCUT2D eigenvalue weighted by molar-refractivity contribution is -0.122. The summed E-state index contributed by atoms with van der Waals surface area (Å²) in [6.45, 7) is 1.85. The lowest BCUT2D eigenvalue weighted by Crippen LogP contribution is -2.54. The SMILES string of the molecule is O=C1NC(=O)N(c2cccc(Br)c2)C(=O)C1=Cc1ccc(N2CCCC2)o1. The van der Waals surface area contributed by atoms with E-state index >= 15 is 0 Å². The normalized spacial score (nSPS) is 19.1. The van der Waals surface area contributed by atoms with Crippen molar-refractivity contribution >= 4 is 51.4 Å². The van der Waals surface area contributed by atoms with Gasteiger partial charge in [0.2, 0.25) is 0 Å². The van der Waals surface area contributed by atoms with E-state index in [9.17, 15) is 14.4 Å². The van der Waals surface area contributed by atoms with Gasteiger partial charge in [0.25, 0.3) is 11.8 Å². The topological polar surface area (TPSA) is 82.9 Å². The van der Waals surface area contributed by atoms with Crippen molar-refractivity contribution in [2.45, 2.75) is 12.8 Å². The number of barbiturate groups is 1. The number of furan rings is 1. The van der Waals surface area contributed by atoms with E-state index in [-0.39, 0.29) is 5.57 Å². The standard InChI is InChI=1S/C19H16BrN3O4/c20-12-4-3-5-13(10-12)23-18(25)15(17(24)21-19(23)26)11-14-6-7-16(27-14)22-8-1-2-9-22/h3-7,10-11H,1-2,8-9H2,(H,21,24,26). The largest absolute Gasteiger partial charge is 0.441 e. The Morgan fingerprint density at radius 2 is 1.85 bits per heavy atom. The van der Waals surface area contributed by atoms with Gasteiger partial charge in [-0.25, -0.2) is 9.69 Å². The van der Waals surface area contributed by atoms with Crippen LogP contribution in [0.25, 0.3) is 6.08 Å². The summed E-state index contributed by atoms with van der Waals surface area (Å²) in [5, 5.41) is 2.20.